The molecule has 2 rings (SSSR count). The van der Waals surface area contributed by atoms with Gasteiger partial charge in [-0.25, -0.2) is 0 Å². The second kappa shape index (κ2) is 6.02. The number of hydrogen-bond acceptors (Lipinski definition) is 3. The molecule has 0 aromatic rings. The Balaban J connectivity index is 1.83. The highest BCUT2D eigenvalue weighted by molar-refractivity contribution is 5.78. The van der Waals surface area contributed by atoms with Gasteiger partial charge in [0.05, 0.1) is 0 Å². The van der Waals surface area contributed by atoms with E-state index in [0.29, 0.717) is 18.0 Å². The number of nitrogens with two attached hydrogens (primary N) is 1. The van der Waals surface area contributed by atoms with Crippen LogP contribution in [0.5, 0.6) is 0 Å². The molecule has 1 amide bonds. The van der Waals surface area contributed by atoms with Crippen molar-refractivity contribution in [1.29, 1.82) is 0 Å². The van der Waals surface area contributed by atoms with E-state index in [1.54, 1.807) is 0 Å². The topological polar surface area (TPSA) is 49.6 Å². The van der Waals surface area contributed by atoms with Crippen LogP contribution < -0.4 is 5.73 Å². The van der Waals surface area contributed by atoms with Crippen LogP contribution in [-0.4, -0.2) is 54.0 Å². The van der Waals surface area contributed by atoms with E-state index >= 15 is 0 Å². The zero-order valence-electron chi connectivity index (χ0n) is 11.8. The first-order valence-electron chi connectivity index (χ1n) is 7.40. The molecular formula is C14H27N3O. The van der Waals surface area contributed by atoms with Crippen LogP contribution in [0.3, 0.4) is 0 Å². The summed E-state index contributed by atoms with van der Waals surface area (Å²) in [7, 11) is 0. The van der Waals surface area contributed by atoms with Crippen LogP contribution >= 0.6 is 0 Å². The van der Waals surface area contributed by atoms with Crippen molar-refractivity contribution in [3.8, 4) is 0 Å². The molecule has 0 radical (unpaired) electrons. The fourth-order valence-corrected chi connectivity index (χ4v) is 3.01. The number of rotatable bonds is 3. The van der Waals surface area contributed by atoms with E-state index < -0.39 is 0 Å². The zero-order chi connectivity index (χ0) is 13.1. The molecule has 0 spiro atoms. The third kappa shape index (κ3) is 3.04. The van der Waals surface area contributed by atoms with Gasteiger partial charge in [0.1, 0.15) is 0 Å². The van der Waals surface area contributed by atoms with Crippen molar-refractivity contribution in [3.05, 3.63) is 0 Å². The van der Waals surface area contributed by atoms with Crippen molar-refractivity contribution in [2.24, 2.45) is 11.7 Å². The lowest BCUT2D eigenvalue weighted by Crippen LogP contribution is -2.46. The molecule has 2 saturated heterocycles. The first-order chi connectivity index (χ1) is 8.61. The third-order valence-corrected chi connectivity index (χ3v) is 4.60. The van der Waals surface area contributed by atoms with Gasteiger partial charge in [-0.05, 0) is 38.8 Å². The number of piperidine rings is 1. The van der Waals surface area contributed by atoms with E-state index in [1.165, 1.54) is 0 Å². The fourth-order valence-electron chi connectivity index (χ4n) is 3.01. The molecule has 2 atom stereocenters. The van der Waals surface area contributed by atoms with Crippen LogP contribution in [0.15, 0.2) is 0 Å². The first kappa shape index (κ1) is 13.8. The lowest BCUT2D eigenvalue weighted by atomic mass is 10.0. The van der Waals surface area contributed by atoms with Crippen molar-refractivity contribution in [3.63, 3.8) is 0 Å². The lowest BCUT2D eigenvalue weighted by molar-refractivity contribution is -0.134. The largest absolute Gasteiger partial charge is 0.341 e. The Morgan fingerprint density at radius 1 is 1.28 bits per heavy atom. The molecule has 4 nitrogen and oxygen atoms in total. The molecule has 0 aromatic carbocycles. The van der Waals surface area contributed by atoms with Crippen LogP contribution in [0.4, 0.5) is 0 Å². The Morgan fingerprint density at radius 2 is 1.94 bits per heavy atom. The van der Waals surface area contributed by atoms with Crippen LogP contribution in [0.1, 0.15) is 39.5 Å². The smallest absolute Gasteiger partial charge is 0.225 e. The molecular weight excluding hydrogens is 226 g/mol. The highest BCUT2D eigenvalue weighted by Crippen LogP contribution is 2.21. The predicted octanol–water partition coefficient (Wildman–Crippen LogP) is 1.06. The number of likely N-dealkylation sites (tertiary alicyclic amines) is 2. The van der Waals surface area contributed by atoms with Crippen molar-refractivity contribution < 1.29 is 4.79 Å². The second-order valence-electron chi connectivity index (χ2n) is 5.91. The molecule has 0 saturated carbocycles. The summed E-state index contributed by atoms with van der Waals surface area (Å²) in [5.74, 6) is 0.521. The van der Waals surface area contributed by atoms with Gasteiger partial charge in [-0.1, -0.05) is 13.8 Å². The van der Waals surface area contributed by atoms with E-state index in [2.05, 4.69) is 16.7 Å². The van der Waals surface area contributed by atoms with Gasteiger partial charge in [-0.2, -0.15) is 0 Å². The Bertz CT molecular complexity index is 287. The lowest BCUT2D eigenvalue weighted by Gasteiger charge is -2.34. The maximum atomic E-state index is 12.1. The minimum absolute atomic E-state index is 0.179. The molecule has 18 heavy (non-hydrogen) atoms. The molecule has 2 N–H and O–H groups in total. The van der Waals surface area contributed by atoms with Gasteiger partial charge < -0.3 is 10.6 Å². The number of carbonyl (C=O) groups is 1. The molecule has 2 aliphatic heterocycles. The SMILES string of the molecule is CCC(C)C(=O)N1CCC(N2CCC(N)CC2)C1. The van der Waals surface area contributed by atoms with Crippen LogP contribution in [0, 0.1) is 5.92 Å². The molecule has 0 aromatic heterocycles. The van der Waals surface area contributed by atoms with Gasteiger partial charge >= 0.3 is 0 Å². The van der Waals surface area contributed by atoms with Gasteiger partial charge in [0.2, 0.25) is 5.91 Å². The standard InChI is InChI=1S/C14H27N3O/c1-3-11(2)14(18)17-9-6-13(10-17)16-7-4-12(15)5-8-16/h11-13H,3-10,15H2,1-2H3. The zero-order valence-corrected chi connectivity index (χ0v) is 11.8. The van der Waals surface area contributed by atoms with Gasteiger partial charge in [0, 0.05) is 31.1 Å². The van der Waals surface area contributed by atoms with Gasteiger partial charge in [0.15, 0.2) is 0 Å². The summed E-state index contributed by atoms with van der Waals surface area (Å²) in [6.45, 7) is 8.21. The summed E-state index contributed by atoms with van der Waals surface area (Å²) in [5.41, 5.74) is 5.94. The minimum Gasteiger partial charge on any atom is -0.341 e. The molecule has 0 bridgehead atoms. The van der Waals surface area contributed by atoms with E-state index in [4.69, 9.17) is 5.73 Å². The maximum absolute atomic E-state index is 12.1. The van der Waals surface area contributed by atoms with Crippen molar-refractivity contribution in [2.45, 2.75) is 51.6 Å². The van der Waals surface area contributed by atoms with Crippen LogP contribution in [-0.2, 0) is 4.79 Å². The summed E-state index contributed by atoms with van der Waals surface area (Å²) in [6, 6.07) is 0.964. The van der Waals surface area contributed by atoms with Crippen LogP contribution in [0.2, 0.25) is 0 Å². The number of nitrogens with zero attached hydrogens (tertiary/aromatic N) is 2. The third-order valence-electron chi connectivity index (χ3n) is 4.60. The summed E-state index contributed by atoms with van der Waals surface area (Å²) in [6.07, 6.45) is 4.29. The monoisotopic (exact) mass is 253 g/mol. The molecule has 4 heteroatoms. The van der Waals surface area contributed by atoms with E-state index in [9.17, 15) is 4.79 Å². The average molecular weight is 253 g/mol. The minimum atomic E-state index is 0.179. The Morgan fingerprint density at radius 3 is 2.56 bits per heavy atom. The number of amides is 1. The molecule has 104 valence electrons. The molecule has 0 aliphatic carbocycles. The second-order valence-corrected chi connectivity index (χ2v) is 5.91. The molecule has 2 fully saturated rings. The first-order valence-corrected chi connectivity index (χ1v) is 7.40. The predicted molar refractivity (Wildman–Crippen MR) is 73.2 cm³/mol. The van der Waals surface area contributed by atoms with Gasteiger partial charge in [0.25, 0.3) is 0 Å². The van der Waals surface area contributed by atoms with E-state index in [1.807, 2.05) is 6.92 Å². The van der Waals surface area contributed by atoms with Crippen molar-refractivity contribution in [1.82, 2.24) is 9.80 Å². The number of carbonyl (C=O) groups excluding carboxylic acids is 1. The summed E-state index contributed by atoms with van der Waals surface area (Å²) in [5, 5.41) is 0. The summed E-state index contributed by atoms with van der Waals surface area (Å²) < 4.78 is 0. The molecule has 2 aliphatic rings. The average Bonchev–Trinajstić information content (AvgIpc) is 2.87. The normalized spacial score (nSPS) is 28.6. The van der Waals surface area contributed by atoms with Gasteiger partial charge in [-0.3, -0.25) is 9.69 Å². The number of hydrogen-bond donors (Lipinski definition) is 1. The molecule has 2 heterocycles. The Hall–Kier alpha value is -0.610. The maximum Gasteiger partial charge on any atom is 0.225 e. The molecule has 2 unspecified atom stereocenters. The highest BCUT2D eigenvalue weighted by Gasteiger charge is 2.32. The van der Waals surface area contributed by atoms with Gasteiger partial charge in [-0.15, -0.1) is 0 Å². The van der Waals surface area contributed by atoms with E-state index in [-0.39, 0.29) is 5.92 Å². The van der Waals surface area contributed by atoms with E-state index in [0.717, 1.165) is 51.9 Å². The summed E-state index contributed by atoms with van der Waals surface area (Å²) in [4.78, 5) is 16.7. The quantitative estimate of drug-likeness (QED) is 0.818. The van der Waals surface area contributed by atoms with Crippen LogP contribution in [0.25, 0.3) is 0 Å². The van der Waals surface area contributed by atoms with Crippen molar-refractivity contribution >= 4 is 5.91 Å². The Labute approximate surface area is 110 Å². The van der Waals surface area contributed by atoms with Crippen molar-refractivity contribution in [2.75, 3.05) is 26.2 Å². The Kier molecular flexibility index (Phi) is 4.62. The fraction of sp³-hybridized carbons (Fsp3) is 0.929. The summed E-state index contributed by atoms with van der Waals surface area (Å²) >= 11 is 0. The highest BCUT2D eigenvalue weighted by atomic mass is 16.2.